The van der Waals surface area contributed by atoms with Gasteiger partial charge in [0.05, 0.1) is 0 Å². The number of anilines is 4. The summed E-state index contributed by atoms with van der Waals surface area (Å²) in [4.78, 5) is 25.5. The smallest absolute Gasteiger partial charge is 0.339 e. The molecule has 0 aromatic heterocycles. The van der Waals surface area contributed by atoms with Crippen LogP contribution in [0.5, 0.6) is 11.5 Å². The lowest BCUT2D eigenvalue weighted by Gasteiger charge is -2.14. The maximum absolute atomic E-state index is 12.8. The molecule has 0 unspecified atom stereocenters. The predicted octanol–water partition coefficient (Wildman–Crippen LogP) is 6.82. The first-order chi connectivity index (χ1) is 22.5. The Bertz CT molecular complexity index is 2130. The Balaban J connectivity index is 1.19. The van der Waals surface area contributed by atoms with Crippen molar-refractivity contribution in [3.05, 3.63) is 133 Å². The van der Waals surface area contributed by atoms with Gasteiger partial charge in [-0.25, -0.2) is 9.59 Å². The van der Waals surface area contributed by atoms with Crippen molar-refractivity contribution < 1.29 is 34.8 Å². The number of hydrogen-bond donors (Lipinski definition) is 4. The van der Waals surface area contributed by atoms with Gasteiger partial charge in [0.2, 0.25) is 0 Å². The van der Waals surface area contributed by atoms with E-state index in [1.165, 1.54) is 60.7 Å². The highest BCUT2D eigenvalue weighted by Gasteiger charge is 2.18. The third-order valence-electron chi connectivity index (χ3n) is 6.40. The fourth-order valence-electron chi connectivity index (χ4n) is 4.19. The van der Waals surface area contributed by atoms with Crippen LogP contribution in [0.3, 0.4) is 0 Å². The Labute approximate surface area is 271 Å². The third-order valence-corrected chi connectivity index (χ3v) is 8.93. The molecule has 5 aromatic rings. The van der Waals surface area contributed by atoms with Crippen LogP contribution in [0, 0.1) is 6.92 Å². The van der Waals surface area contributed by atoms with Gasteiger partial charge in [-0.15, -0.1) is 0 Å². The maximum atomic E-state index is 12.8. The lowest BCUT2D eigenvalue weighted by Crippen LogP contribution is -2.21. The van der Waals surface area contributed by atoms with Gasteiger partial charge >= 0.3 is 32.3 Å². The highest BCUT2D eigenvalue weighted by Crippen LogP contribution is 2.25. The summed E-state index contributed by atoms with van der Waals surface area (Å²) in [5.41, 5.74) is 1.99. The Morgan fingerprint density at radius 1 is 0.489 bits per heavy atom. The number of aryl methyl sites for hydroxylation is 1. The van der Waals surface area contributed by atoms with Crippen LogP contribution in [0.4, 0.5) is 32.3 Å². The number of amides is 4. The molecule has 0 bridgehead atoms. The monoisotopic (exact) mass is 672 g/mol. The second-order valence-electron chi connectivity index (χ2n) is 9.94. The summed E-state index contributed by atoms with van der Waals surface area (Å²) < 4.78 is 60.6. The van der Waals surface area contributed by atoms with Crippen molar-refractivity contribution in [2.24, 2.45) is 0 Å². The van der Waals surface area contributed by atoms with Crippen LogP contribution in [0.15, 0.2) is 137 Å². The van der Waals surface area contributed by atoms with E-state index in [0.29, 0.717) is 16.9 Å². The predicted molar refractivity (Wildman–Crippen MR) is 178 cm³/mol. The van der Waals surface area contributed by atoms with Gasteiger partial charge in [-0.1, -0.05) is 54.6 Å². The highest BCUT2D eigenvalue weighted by atomic mass is 32.2. The molecule has 0 fully saturated rings. The fourth-order valence-corrected chi connectivity index (χ4v) is 6.08. The third kappa shape index (κ3) is 8.87. The van der Waals surface area contributed by atoms with Crippen LogP contribution >= 0.6 is 0 Å². The molecule has 0 saturated heterocycles. The van der Waals surface area contributed by atoms with Gasteiger partial charge in [0.1, 0.15) is 21.3 Å². The van der Waals surface area contributed by atoms with E-state index in [9.17, 15) is 26.4 Å². The van der Waals surface area contributed by atoms with E-state index >= 15 is 0 Å². The van der Waals surface area contributed by atoms with Crippen molar-refractivity contribution in [2.75, 3.05) is 21.3 Å². The molecule has 240 valence electrons. The Hall–Kier alpha value is -5.86. The molecule has 0 heterocycles. The van der Waals surface area contributed by atoms with Crippen molar-refractivity contribution >= 4 is 55.0 Å². The second-order valence-corrected chi connectivity index (χ2v) is 13.0. The molecule has 4 N–H and O–H groups in total. The molecule has 0 saturated carbocycles. The van der Waals surface area contributed by atoms with Gasteiger partial charge in [0, 0.05) is 34.9 Å². The standard InChI is InChI=1S/C33H28N4O8S2/c1-23-18-19-26(36-32(38)34-24-10-8-12-27(20-24)44-46(40,41)29-14-4-2-5-15-29)22-31(23)37-33(39)35-25-11-9-13-28(21-25)45-47(42,43)30-16-6-3-7-17-30/h2-22H,1H3,(H2,34,36,38)(H2,35,37,39). The van der Waals surface area contributed by atoms with Gasteiger partial charge in [0.15, 0.2) is 0 Å². The lowest BCUT2D eigenvalue weighted by atomic mass is 10.2. The first-order valence-electron chi connectivity index (χ1n) is 13.9. The zero-order chi connectivity index (χ0) is 33.4. The molecule has 4 amide bonds. The van der Waals surface area contributed by atoms with Gasteiger partial charge in [-0.05, 0) is 73.2 Å². The molecule has 0 radical (unpaired) electrons. The Kier molecular flexibility index (Phi) is 9.73. The molecule has 0 aliphatic carbocycles. The second kappa shape index (κ2) is 14.1. The average molecular weight is 673 g/mol. The van der Waals surface area contributed by atoms with Crippen LogP contribution < -0.4 is 29.6 Å². The van der Waals surface area contributed by atoms with Gasteiger partial charge in [0.25, 0.3) is 0 Å². The average Bonchev–Trinajstić information content (AvgIpc) is 3.03. The molecule has 47 heavy (non-hydrogen) atoms. The number of benzene rings is 5. The highest BCUT2D eigenvalue weighted by molar-refractivity contribution is 7.87. The summed E-state index contributed by atoms with van der Waals surface area (Å²) in [6.45, 7) is 1.76. The number of urea groups is 2. The first kappa shape index (κ1) is 32.5. The largest absolute Gasteiger partial charge is 0.379 e. The maximum Gasteiger partial charge on any atom is 0.339 e. The molecule has 14 heteroatoms. The molecule has 0 aliphatic rings. The minimum absolute atomic E-state index is 0.00871. The molecule has 12 nitrogen and oxygen atoms in total. The van der Waals surface area contributed by atoms with E-state index in [1.807, 2.05) is 0 Å². The summed E-state index contributed by atoms with van der Waals surface area (Å²) in [6.07, 6.45) is 0. The van der Waals surface area contributed by atoms with Gasteiger partial charge in [-0.3, -0.25) is 0 Å². The number of nitrogens with one attached hydrogen (secondary N) is 4. The SMILES string of the molecule is Cc1ccc(NC(=O)Nc2cccc(OS(=O)(=O)c3ccccc3)c2)cc1NC(=O)Nc1cccc(OS(=O)(=O)c2ccccc2)c1. The Morgan fingerprint density at radius 2 is 0.915 bits per heavy atom. The minimum atomic E-state index is -4.07. The minimum Gasteiger partial charge on any atom is -0.379 e. The van der Waals surface area contributed by atoms with Crippen molar-refractivity contribution in [3.63, 3.8) is 0 Å². The van der Waals surface area contributed by atoms with Crippen LogP contribution in [0.25, 0.3) is 0 Å². The summed E-state index contributed by atoms with van der Waals surface area (Å²) in [5, 5.41) is 10.6. The molecular formula is C33H28N4O8S2. The van der Waals surface area contributed by atoms with Crippen LogP contribution in [0.2, 0.25) is 0 Å². The van der Waals surface area contributed by atoms with Crippen LogP contribution in [0.1, 0.15) is 5.56 Å². The van der Waals surface area contributed by atoms with Gasteiger partial charge in [-0.2, -0.15) is 16.8 Å². The zero-order valence-electron chi connectivity index (χ0n) is 24.7. The number of hydrogen-bond acceptors (Lipinski definition) is 8. The van der Waals surface area contributed by atoms with E-state index in [-0.39, 0.29) is 32.7 Å². The fraction of sp³-hybridized carbons (Fsp3) is 0.0303. The number of carbonyl (C=O) groups excluding carboxylic acids is 2. The molecule has 0 spiro atoms. The topological polar surface area (TPSA) is 169 Å². The van der Waals surface area contributed by atoms with Crippen LogP contribution in [-0.2, 0) is 20.2 Å². The molecule has 0 atom stereocenters. The molecule has 5 rings (SSSR count). The van der Waals surface area contributed by atoms with E-state index in [0.717, 1.165) is 0 Å². The molecule has 5 aromatic carbocycles. The van der Waals surface area contributed by atoms with Crippen molar-refractivity contribution in [1.82, 2.24) is 0 Å². The number of carbonyl (C=O) groups is 2. The van der Waals surface area contributed by atoms with E-state index in [1.54, 1.807) is 73.7 Å². The number of rotatable bonds is 10. The van der Waals surface area contributed by atoms with E-state index < -0.39 is 32.3 Å². The molecule has 0 aliphatic heterocycles. The van der Waals surface area contributed by atoms with Crippen molar-refractivity contribution in [1.29, 1.82) is 0 Å². The summed E-state index contributed by atoms with van der Waals surface area (Å²) in [7, 11) is -8.13. The van der Waals surface area contributed by atoms with E-state index in [4.69, 9.17) is 8.37 Å². The first-order valence-corrected chi connectivity index (χ1v) is 16.7. The Morgan fingerprint density at radius 3 is 1.38 bits per heavy atom. The van der Waals surface area contributed by atoms with Crippen LogP contribution in [-0.4, -0.2) is 28.9 Å². The summed E-state index contributed by atoms with van der Waals surface area (Å²) >= 11 is 0. The van der Waals surface area contributed by atoms with Crippen molar-refractivity contribution in [2.45, 2.75) is 16.7 Å². The normalized spacial score (nSPS) is 11.2. The van der Waals surface area contributed by atoms with Crippen molar-refractivity contribution in [3.8, 4) is 11.5 Å². The summed E-state index contributed by atoms with van der Waals surface area (Å²) in [6, 6.07) is 30.8. The zero-order valence-corrected chi connectivity index (χ0v) is 26.3. The quantitative estimate of drug-likeness (QED) is 0.117. The summed E-state index contributed by atoms with van der Waals surface area (Å²) in [5.74, 6) is 0.0179. The van der Waals surface area contributed by atoms with Gasteiger partial charge < -0.3 is 29.6 Å². The lowest BCUT2D eigenvalue weighted by molar-refractivity contribution is 0.261. The molecular weight excluding hydrogens is 645 g/mol. The van der Waals surface area contributed by atoms with E-state index in [2.05, 4.69) is 21.3 Å².